The Morgan fingerprint density at radius 1 is 0.906 bits per heavy atom. The number of nitrogens with two attached hydrogens (primary N) is 1. The number of likely N-dealkylation sites (tertiary alicyclic amines) is 1. The Labute approximate surface area is 186 Å². The molecule has 1 aromatic heterocycles. The fourth-order valence-electron chi connectivity index (χ4n) is 5.21. The third-order valence-electron chi connectivity index (χ3n) is 7.15. The maximum absolute atomic E-state index is 13.5. The van der Waals surface area contributed by atoms with Gasteiger partial charge in [0.25, 0.3) is 5.91 Å². The largest absolute Gasteiger partial charge is 0.368 e. The highest BCUT2D eigenvalue weighted by Crippen LogP contribution is 2.50. The summed E-state index contributed by atoms with van der Waals surface area (Å²) in [6.07, 6.45) is 3.83. The van der Waals surface area contributed by atoms with Crippen LogP contribution in [0.15, 0.2) is 42.5 Å². The minimum absolute atomic E-state index is 0.0830. The van der Waals surface area contributed by atoms with Gasteiger partial charge in [-0.2, -0.15) is 0 Å². The number of hydrogen-bond acceptors (Lipinski definition) is 5. The molecule has 162 valence electrons. The molecule has 1 saturated heterocycles. The summed E-state index contributed by atoms with van der Waals surface area (Å²) in [5.74, 6) is 0.140. The smallest absolute Gasteiger partial charge is 0.273 e. The van der Waals surface area contributed by atoms with Crippen molar-refractivity contribution in [3.63, 3.8) is 0 Å². The summed E-state index contributed by atoms with van der Waals surface area (Å²) in [4.78, 5) is 39.3. The van der Waals surface area contributed by atoms with E-state index in [0.29, 0.717) is 29.7 Å². The second kappa shape index (κ2) is 7.02. The molecule has 32 heavy (non-hydrogen) atoms. The van der Waals surface area contributed by atoms with Crippen molar-refractivity contribution in [2.45, 2.75) is 44.2 Å². The first-order valence-electron chi connectivity index (χ1n) is 11.3. The summed E-state index contributed by atoms with van der Waals surface area (Å²) >= 11 is 0. The zero-order valence-electron chi connectivity index (χ0n) is 17.9. The van der Waals surface area contributed by atoms with Gasteiger partial charge in [0.1, 0.15) is 5.69 Å². The molecule has 3 aliphatic rings. The van der Waals surface area contributed by atoms with Crippen LogP contribution in [0.25, 0.3) is 10.9 Å². The number of nitrogens with zero attached hydrogens (tertiary/aromatic N) is 4. The fourth-order valence-corrected chi connectivity index (χ4v) is 5.21. The van der Waals surface area contributed by atoms with E-state index in [0.717, 1.165) is 55.5 Å². The quantitative estimate of drug-likeness (QED) is 0.694. The summed E-state index contributed by atoms with van der Waals surface area (Å²) in [5.41, 5.74) is 9.69. The molecule has 2 amide bonds. The molecular weight excluding hydrogens is 402 g/mol. The molecule has 0 spiro atoms. The summed E-state index contributed by atoms with van der Waals surface area (Å²) in [6.45, 7) is 2.79. The van der Waals surface area contributed by atoms with Gasteiger partial charge in [-0.05, 0) is 54.5 Å². The lowest BCUT2D eigenvalue weighted by molar-refractivity contribution is -0.132. The molecule has 2 aliphatic heterocycles. The minimum Gasteiger partial charge on any atom is -0.368 e. The molecular formula is C25H25N5O2. The Kier molecular flexibility index (Phi) is 4.22. The normalized spacial score (nSPS) is 18.8. The molecule has 6 rings (SSSR count). The number of anilines is 1. The van der Waals surface area contributed by atoms with E-state index in [1.54, 1.807) is 4.90 Å². The summed E-state index contributed by atoms with van der Waals surface area (Å²) in [6, 6.07) is 13.9. The predicted molar refractivity (Wildman–Crippen MR) is 121 cm³/mol. The molecule has 1 saturated carbocycles. The Bertz CT molecular complexity index is 1240. The maximum atomic E-state index is 13.5. The van der Waals surface area contributed by atoms with Crippen LogP contribution < -0.4 is 5.73 Å². The number of carbonyl (C=O) groups is 2. The van der Waals surface area contributed by atoms with E-state index in [-0.39, 0.29) is 17.8 Å². The van der Waals surface area contributed by atoms with Crippen LogP contribution in [0, 0.1) is 0 Å². The molecule has 7 nitrogen and oxygen atoms in total. The molecule has 7 heteroatoms. The number of rotatable bonds is 3. The second-order valence-corrected chi connectivity index (χ2v) is 9.17. The summed E-state index contributed by atoms with van der Waals surface area (Å²) < 4.78 is 0. The molecule has 1 aliphatic carbocycles. The zero-order valence-corrected chi connectivity index (χ0v) is 17.9. The number of aromatic nitrogens is 2. The number of benzene rings is 2. The van der Waals surface area contributed by atoms with Crippen LogP contribution in [-0.2, 0) is 23.3 Å². The molecule has 2 aromatic carbocycles. The molecule has 3 heterocycles. The van der Waals surface area contributed by atoms with Gasteiger partial charge in [0.15, 0.2) is 0 Å². The summed E-state index contributed by atoms with van der Waals surface area (Å²) in [7, 11) is 0. The van der Waals surface area contributed by atoms with Gasteiger partial charge >= 0.3 is 0 Å². The van der Waals surface area contributed by atoms with Crippen molar-refractivity contribution in [2.75, 3.05) is 18.8 Å². The molecule has 2 fully saturated rings. The van der Waals surface area contributed by atoms with Gasteiger partial charge in [0.05, 0.1) is 10.9 Å². The number of nitrogen functional groups attached to an aromatic ring is 1. The van der Waals surface area contributed by atoms with Gasteiger partial charge in [0.2, 0.25) is 11.9 Å². The monoisotopic (exact) mass is 427 g/mol. The van der Waals surface area contributed by atoms with Crippen molar-refractivity contribution in [1.82, 2.24) is 19.8 Å². The van der Waals surface area contributed by atoms with E-state index in [4.69, 9.17) is 5.73 Å². The van der Waals surface area contributed by atoms with E-state index >= 15 is 0 Å². The standard InChI is InChI=1S/C25H25N5O2/c26-24-27-20-8-7-18(25(9-10-25)23(32)29-11-3-4-12-29)13-19(20)21(28-24)22(31)30-14-16-5-1-2-6-17(16)15-30/h1-2,5-8,13H,3-4,9-12,14-15H2,(H2,26,27,28). The first-order valence-corrected chi connectivity index (χ1v) is 11.3. The van der Waals surface area contributed by atoms with Gasteiger partial charge in [-0.3, -0.25) is 9.59 Å². The zero-order chi connectivity index (χ0) is 21.9. The Morgan fingerprint density at radius 3 is 2.25 bits per heavy atom. The molecule has 0 bridgehead atoms. The van der Waals surface area contributed by atoms with Crippen LogP contribution in [0.4, 0.5) is 5.95 Å². The first kappa shape index (κ1) is 19.2. The lowest BCUT2D eigenvalue weighted by Crippen LogP contribution is -2.37. The van der Waals surface area contributed by atoms with Crippen LogP contribution in [0.3, 0.4) is 0 Å². The molecule has 0 radical (unpaired) electrons. The first-order chi connectivity index (χ1) is 15.5. The van der Waals surface area contributed by atoms with Gasteiger partial charge in [-0.15, -0.1) is 0 Å². The minimum atomic E-state index is -0.468. The van der Waals surface area contributed by atoms with Crippen LogP contribution in [-0.4, -0.2) is 44.7 Å². The Hall–Kier alpha value is -3.48. The molecule has 3 aromatic rings. The van der Waals surface area contributed by atoms with Crippen molar-refractivity contribution in [1.29, 1.82) is 0 Å². The van der Waals surface area contributed by atoms with Crippen molar-refractivity contribution >= 4 is 28.7 Å². The topological polar surface area (TPSA) is 92.4 Å². The predicted octanol–water partition coefficient (Wildman–Crippen LogP) is 3.02. The van der Waals surface area contributed by atoms with Gasteiger partial charge in [-0.25, -0.2) is 9.97 Å². The average Bonchev–Trinajstić information content (AvgIpc) is 3.22. The fraction of sp³-hybridized carbons (Fsp3) is 0.360. The van der Waals surface area contributed by atoms with Crippen molar-refractivity contribution in [2.24, 2.45) is 0 Å². The molecule has 0 unspecified atom stereocenters. The van der Waals surface area contributed by atoms with Crippen LogP contribution >= 0.6 is 0 Å². The number of amides is 2. The number of fused-ring (bicyclic) bond motifs is 2. The maximum Gasteiger partial charge on any atom is 0.273 e. The van der Waals surface area contributed by atoms with Gasteiger partial charge < -0.3 is 15.5 Å². The highest BCUT2D eigenvalue weighted by Gasteiger charge is 2.53. The van der Waals surface area contributed by atoms with E-state index in [1.165, 1.54) is 0 Å². The summed E-state index contributed by atoms with van der Waals surface area (Å²) in [5, 5.41) is 0.665. The van der Waals surface area contributed by atoms with Crippen LogP contribution in [0.5, 0.6) is 0 Å². The van der Waals surface area contributed by atoms with E-state index in [1.807, 2.05) is 47.4 Å². The third kappa shape index (κ3) is 2.95. The highest BCUT2D eigenvalue weighted by atomic mass is 16.2. The van der Waals surface area contributed by atoms with Gasteiger partial charge in [0, 0.05) is 31.6 Å². The third-order valence-corrected chi connectivity index (χ3v) is 7.15. The van der Waals surface area contributed by atoms with E-state index in [9.17, 15) is 9.59 Å². The number of hydrogen-bond donors (Lipinski definition) is 1. The Morgan fingerprint density at radius 2 is 1.59 bits per heavy atom. The van der Waals surface area contributed by atoms with Crippen molar-refractivity contribution in [3.8, 4) is 0 Å². The van der Waals surface area contributed by atoms with E-state index < -0.39 is 5.41 Å². The average molecular weight is 428 g/mol. The molecule has 0 atom stereocenters. The van der Waals surface area contributed by atoms with Crippen LogP contribution in [0.2, 0.25) is 0 Å². The highest BCUT2D eigenvalue weighted by molar-refractivity contribution is 6.05. The van der Waals surface area contributed by atoms with Crippen molar-refractivity contribution < 1.29 is 9.59 Å². The van der Waals surface area contributed by atoms with Crippen molar-refractivity contribution in [3.05, 3.63) is 64.8 Å². The lowest BCUT2D eigenvalue weighted by Gasteiger charge is -2.23. The molecule has 2 N–H and O–H groups in total. The SMILES string of the molecule is Nc1nc(C(=O)N2Cc3ccccc3C2)c2cc(C3(C(=O)N4CCCC4)CC3)ccc2n1. The second-order valence-electron chi connectivity index (χ2n) is 9.17. The Balaban J connectivity index is 1.38. The van der Waals surface area contributed by atoms with Crippen LogP contribution in [0.1, 0.15) is 52.9 Å². The number of carbonyl (C=O) groups excluding carboxylic acids is 2. The van der Waals surface area contributed by atoms with E-state index in [2.05, 4.69) is 9.97 Å². The lowest BCUT2D eigenvalue weighted by atomic mass is 9.92. The van der Waals surface area contributed by atoms with Gasteiger partial charge in [-0.1, -0.05) is 30.3 Å².